The number of nitrogens with one attached hydrogen (secondary N) is 1. The summed E-state index contributed by atoms with van der Waals surface area (Å²) in [6.07, 6.45) is -0.196. The predicted octanol–water partition coefficient (Wildman–Crippen LogP) is 1.51. The van der Waals surface area contributed by atoms with Crippen LogP contribution in [-0.2, 0) is 11.2 Å². The van der Waals surface area contributed by atoms with Crippen molar-refractivity contribution in [1.29, 1.82) is 0 Å². The van der Waals surface area contributed by atoms with Crippen molar-refractivity contribution in [2.24, 2.45) is 0 Å². The van der Waals surface area contributed by atoms with E-state index in [0.29, 0.717) is 0 Å². The standard InChI is InChI=1S/C14H21NO3/c1-10(2)18-13-7-5-4-6-12(13)8-14(17)15-9-11(3)16/h4-7,10-11,16H,8-9H2,1-3H3,(H,15,17). The van der Waals surface area contributed by atoms with Crippen LogP contribution in [-0.4, -0.2) is 29.8 Å². The van der Waals surface area contributed by atoms with E-state index >= 15 is 0 Å². The summed E-state index contributed by atoms with van der Waals surface area (Å²) in [6.45, 7) is 5.80. The molecule has 100 valence electrons. The first kappa shape index (κ1) is 14.5. The molecule has 4 heteroatoms. The molecule has 1 unspecified atom stereocenters. The van der Waals surface area contributed by atoms with Crippen molar-refractivity contribution in [3.05, 3.63) is 29.8 Å². The second-order valence-electron chi connectivity index (χ2n) is 4.60. The molecule has 1 amide bonds. The van der Waals surface area contributed by atoms with Gasteiger partial charge in [0.2, 0.25) is 5.91 Å². The molecule has 0 aliphatic heterocycles. The minimum atomic E-state index is -0.531. The van der Waals surface area contributed by atoms with Gasteiger partial charge in [0.15, 0.2) is 0 Å². The molecule has 1 aromatic rings. The van der Waals surface area contributed by atoms with Crippen molar-refractivity contribution >= 4 is 5.91 Å². The molecule has 0 spiro atoms. The van der Waals surface area contributed by atoms with Gasteiger partial charge in [0, 0.05) is 12.1 Å². The number of hydrogen-bond donors (Lipinski definition) is 2. The molecule has 1 rings (SSSR count). The molecule has 0 aliphatic carbocycles. The summed E-state index contributed by atoms with van der Waals surface area (Å²) in [7, 11) is 0. The number of para-hydroxylation sites is 1. The summed E-state index contributed by atoms with van der Waals surface area (Å²) in [5.41, 5.74) is 0.856. The highest BCUT2D eigenvalue weighted by Gasteiger charge is 2.10. The zero-order valence-electron chi connectivity index (χ0n) is 11.1. The highest BCUT2D eigenvalue weighted by atomic mass is 16.5. The Labute approximate surface area is 108 Å². The Morgan fingerprint density at radius 1 is 1.33 bits per heavy atom. The summed E-state index contributed by atoms with van der Waals surface area (Å²) >= 11 is 0. The molecule has 4 nitrogen and oxygen atoms in total. The number of carbonyl (C=O) groups excluding carboxylic acids is 1. The van der Waals surface area contributed by atoms with Crippen molar-refractivity contribution < 1.29 is 14.6 Å². The van der Waals surface area contributed by atoms with Gasteiger partial charge in [-0.1, -0.05) is 18.2 Å². The first-order valence-corrected chi connectivity index (χ1v) is 6.18. The third-order valence-electron chi connectivity index (χ3n) is 2.28. The molecule has 18 heavy (non-hydrogen) atoms. The highest BCUT2D eigenvalue weighted by molar-refractivity contribution is 5.79. The summed E-state index contributed by atoms with van der Waals surface area (Å²) in [5, 5.41) is 11.8. The predicted molar refractivity (Wildman–Crippen MR) is 70.6 cm³/mol. The number of aliphatic hydroxyl groups excluding tert-OH is 1. The lowest BCUT2D eigenvalue weighted by Gasteiger charge is -2.14. The first-order valence-electron chi connectivity index (χ1n) is 6.18. The third kappa shape index (κ3) is 5.19. The number of carbonyl (C=O) groups is 1. The summed E-state index contributed by atoms with van der Waals surface area (Å²) in [6, 6.07) is 7.50. The van der Waals surface area contributed by atoms with Crippen molar-refractivity contribution in [3.8, 4) is 5.75 Å². The number of rotatable bonds is 6. The molecule has 1 aromatic carbocycles. The molecule has 0 saturated carbocycles. The van der Waals surface area contributed by atoms with Crippen molar-refractivity contribution in [2.45, 2.75) is 39.4 Å². The van der Waals surface area contributed by atoms with Gasteiger partial charge in [-0.25, -0.2) is 0 Å². The molecular weight excluding hydrogens is 230 g/mol. The summed E-state index contributed by atoms with van der Waals surface area (Å²) in [5.74, 6) is 0.621. The van der Waals surface area contributed by atoms with E-state index in [1.165, 1.54) is 0 Å². The largest absolute Gasteiger partial charge is 0.491 e. The molecule has 0 heterocycles. The zero-order valence-corrected chi connectivity index (χ0v) is 11.1. The molecular formula is C14H21NO3. The molecule has 2 N–H and O–H groups in total. The van der Waals surface area contributed by atoms with E-state index in [2.05, 4.69) is 5.32 Å². The van der Waals surface area contributed by atoms with Crippen LogP contribution >= 0.6 is 0 Å². The van der Waals surface area contributed by atoms with Crippen LogP contribution in [0.5, 0.6) is 5.75 Å². The molecule has 0 bridgehead atoms. The molecule has 0 saturated heterocycles. The minimum absolute atomic E-state index is 0.0756. The molecule has 1 atom stereocenters. The van der Waals surface area contributed by atoms with Gasteiger partial charge in [-0.15, -0.1) is 0 Å². The van der Waals surface area contributed by atoms with Crippen LogP contribution in [0.3, 0.4) is 0 Å². The maximum Gasteiger partial charge on any atom is 0.224 e. The maximum atomic E-state index is 11.7. The van der Waals surface area contributed by atoms with Gasteiger partial charge in [-0.2, -0.15) is 0 Å². The SMILES string of the molecule is CC(O)CNC(=O)Cc1ccccc1OC(C)C. The van der Waals surface area contributed by atoms with Crippen LogP contribution in [0.1, 0.15) is 26.3 Å². The van der Waals surface area contributed by atoms with Gasteiger partial charge in [0.1, 0.15) is 5.75 Å². The van der Waals surface area contributed by atoms with E-state index in [1.54, 1.807) is 6.92 Å². The fourth-order valence-electron chi connectivity index (χ4n) is 1.52. The highest BCUT2D eigenvalue weighted by Crippen LogP contribution is 2.19. The van der Waals surface area contributed by atoms with Gasteiger partial charge < -0.3 is 15.2 Å². The third-order valence-corrected chi connectivity index (χ3v) is 2.28. The van der Waals surface area contributed by atoms with E-state index in [1.807, 2.05) is 38.1 Å². The van der Waals surface area contributed by atoms with Gasteiger partial charge in [0.05, 0.1) is 18.6 Å². The summed E-state index contributed by atoms with van der Waals surface area (Å²) in [4.78, 5) is 11.7. The second-order valence-corrected chi connectivity index (χ2v) is 4.60. The molecule has 0 fully saturated rings. The number of ether oxygens (including phenoxy) is 1. The van der Waals surface area contributed by atoms with Crippen LogP contribution in [0.25, 0.3) is 0 Å². The smallest absolute Gasteiger partial charge is 0.224 e. The van der Waals surface area contributed by atoms with Crippen LogP contribution in [0.4, 0.5) is 0 Å². The van der Waals surface area contributed by atoms with E-state index in [9.17, 15) is 4.79 Å². The topological polar surface area (TPSA) is 58.6 Å². The maximum absolute atomic E-state index is 11.7. The van der Waals surface area contributed by atoms with Crippen molar-refractivity contribution in [1.82, 2.24) is 5.32 Å². The Morgan fingerprint density at radius 3 is 2.61 bits per heavy atom. The van der Waals surface area contributed by atoms with Gasteiger partial charge in [-0.3, -0.25) is 4.79 Å². The molecule has 0 radical (unpaired) electrons. The van der Waals surface area contributed by atoms with E-state index in [0.717, 1.165) is 11.3 Å². The van der Waals surface area contributed by atoms with Crippen LogP contribution < -0.4 is 10.1 Å². The van der Waals surface area contributed by atoms with E-state index in [-0.39, 0.29) is 25.0 Å². The Morgan fingerprint density at radius 2 is 2.00 bits per heavy atom. The fourth-order valence-corrected chi connectivity index (χ4v) is 1.52. The Kier molecular flexibility index (Phi) is 5.65. The van der Waals surface area contributed by atoms with Crippen molar-refractivity contribution in [3.63, 3.8) is 0 Å². The van der Waals surface area contributed by atoms with Gasteiger partial charge >= 0.3 is 0 Å². The van der Waals surface area contributed by atoms with E-state index in [4.69, 9.17) is 9.84 Å². The molecule has 0 aromatic heterocycles. The second kappa shape index (κ2) is 7.01. The minimum Gasteiger partial charge on any atom is -0.491 e. The monoisotopic (exact) mass is 251 g/mol. The van der Waals surface area contributed by atoms with Crippen LogP contribution in [0.15, 0.2) is 24.3 Å². The van der Waals surface area contributed by atoms with Gasteiger partial charge in [0.25, 0.3) is 0 Å². The Hall–Kier alpha value is -1.55. The van der Waals surface area contributed by atoms with Gasteiger partial charge in [-0.05, 0) is 26.8 Å². The fraction of sp³-hybridized carbons (Fsp3) is 0.500. The Bertz CT molecular complexity index is 388. The average molecular weight is 251 g/mol. The quantitative estimate of drug-likeness (QED) is 0.805. The summed E-state index contributed by atoms with van der Waals surface area (Å²) < 4.78 is 5.64. The lowest BCUT2D eigenvalue weighted by atomic mass is 10.1. The number of amides is 1. The number of hydrogen-bond acceptors (Lipinski definition) is 3. The number of aliphatic hydroxyl groups is 1. The first-order chi connectivity index (χ1) is 8.49. The average Bonchev–Trinajstić information content (AvgIpc) is 2.28. The van der Waals surface area contributed by atoms with E-state index < -0.39 is 6.10 Å². The lowest BCUT2D eigenvalue weighted by molar-refractivity contribution is -0.120. The number of benzene rings is 1. The lowest BCUT2D eigenvalue weighted by Crippen LogP contribution is -2.31. The zero-order chi connectivity index (χ0) is 13.5. The van der Waals surface area contributed by atoms with Crippen molar-refractivity contribution in [2.75, 3.05) is 6.54 Å². The normalized spacial score (nSPS) is 12.3. The van der Waals surface area contributed by atoms with Crippen LogP contribution in [0.2, 0.25) is 0 Å². The molecule has 0 aliphatic rings. The van der Waals surface area contributed by atoms with Crippen LogP contribution in [0, 0.1) is 0 Å². The Balaban J connectivity index is 2.63.